The lowest BCUT2D eigenvalue weighted by atomic mass is 9.94. The van der Waals surface area contributed by atoms with Gasteiger partial charge in [0.05, 0.1) is 31.9 Å². The summed E-state index contributed by atoms with van der Waals surface area (Å²) in [6, 6.07) is 2.10. The van der Waals surface area contributed by atoms with Crippen LogP contribution in [0.3, 0.4) is 0 Å². The van der Waals surface area contributed by atoms with E-state index in [4.69, 9.17) is 35.2 Å². The lowest BCUT2D eigenvalue weighted by Crippen LogP contribution is -2.67. The maximum Gasteiger partial charge on any atom is 0.183 e. The molecule has 3 heterocycles. The number of phenolic OH excluding ortho intramolecular Hbond substituents is 1. The quantitative estimate of drug-likeness (QED) is 0.117. The fourth-order valence-corrected chi connectivity index (χ4v) is 5.06. The van der Waals surface area contributed by atoms with Crippen molar-refractivity contribution >= 4 is 6.21 Å². The SMILES string of the molecule is N[C@H]1[C@H](OC2[C@@H](CO)O[C@@H](OC3[C@@H](CO)O[C@@H](O)[C@H](N)[C@H]3O)[C@H](N=Cc3ccccc3O)[C@H]2O)O[C@H](CO)[C@@H](O)[C@@H]1O. The highest BCUT2D eigenvalue weighted by Crippen LogP contribution is 2.33. The Morgan fingerprint density at radius 2 is 1.29 bits per heavy atom. The first-order chi connectivity index (χ1) is 20.0. The molecule has 2 unspecified atom stereocenters. The van der Waals surface area contributed by atoms with E-state index in [-0.39, 0.29) is 11.3 Å². The molecule has 13 N–H and O–H groups in total. The van der Waals surface area contributed by atoms with Gasteiger partial charge in [-0.3, -0.25) is 4.99 Å². The minimum absolute atomic E-state index is 0.133. The summed E-state index contributed by atoms with van der Waals surface area (Å²) in [5.41, 5.74) is 12.0. The molecule has 4 rings (SSSR count). The van der Waals surface area contributed by atoms with Crippen LogP contribution in [0.2, 0.25) is 0 Å². The maximum absolute atomic E-state index is 11.5. The Morgan fingerprint density at radius 1 is 0.714 bits per heavy atom. The minimum atomic E-state index is -1.66. The van der Waals surface area contributed by atoms with E-state index in [1.165, 1.54) is 18.3 Å². The van der Waals surface area contributed by atoms with Gasteiger partial charge in [-0.1, -0.05) is 12.1 Å². The van der Waals surface area contributed by atoms with Crippen LogP contribution in [0.25, 0.3) is 0 Å². The number of para-hydroxylation sites is 1. The molecule has 0 aromatic heterocycles. The zero-order chi connectivity index (χ0) is 30.7. The molecule has 3 saturated heterocycles. The van der Waals surface area contributed by atoms with Crippen LogP contribution in [0.1, 0.15) is 5.56 Å². The number of hydrogen-bond acceptors (Lipinski definition) is 17. The summed E-state index contributed by atoms with van der Waals surface area (Å²) >= 11 is 0. The molecule has 0 bridgehead atoms. The van der Waals surface area contributed by atoms with Crippen LogP contribution in [-0.4, -0.2) is 164 Å². The topological polar surface area (TPSA) is 293 Å². The van der Waals surface area contributed by atoms with Crippen molar-refractivity contribution in [2.75, 3.05) is 19.8 Å². The van der Waals surface area contributed by atoms with E-state index in [1.807, 2.05) is 0 Å². The summed E-state index contributed by atoms with van der Waals surface area (Å²) < 4.78 is 28.4. The lowest BCUT2D eigenvalue weighted by molar-refractivity contribution is -0.347. The van der Waals surface area contributed by atoms with Crippen molar-refractivity contribution in [2.45, 2.75) is 91.9 Å². The van der Waals surface area contributed by atoms with Crippen molar-refractivity contribution in [1.29, 1.82) is 0 Å². The summed E-state index contributed by atoms with van der Waals surface area (Å²) in [6.45, 7) is -2.13. The van der Waals surface area contributed by atoms with Crippen LogP contribution in [0.15, 0.2) is 29.3 Å². The van der Waals surface area contributed by atoms with Crippen LogP contribution in [0, 0.1) is 0 Å². The molecule has 17 heteroatoms. The van der Waals surface area contributed by atoms with Gasteiger partial charge in [0.25, 0.3) is 0 Å². The third-order valence-corrected chi connectivity index (χ3v) is 7.57. The molecule has 0 aliphatic carbocycles. The highest BCUT2D eigenvalue weighted by molar-refractivity contribution is 5.83. The van der Waals surface area contributed by atoms with Crippen LogP contribution in [0.4, 0.5) is 0 Å². The molecule has 0 saturated carbocycles. The number of aliphatic hydroxyl groups excluding tert-OH is 8. The fraction of sp³-hybridized carbons (Fsp3) is 0.720. The van der Waals surface area contributed by atoms with E-state index < -0.39 is 112 Å². The van der Waals surface area contributed by atoms with Gasteiger partial charge in [0.1, 0.15) is 66.7 Å². The van der Waals surface area contributed by atoms with Crippen LogP contribution in [-0.2, 0) is 23.7 Å². The van der Waals surface area contributed by atoms with Gasteiger partial charge in [0.15, 0.2) is 18.9 Å². The molecule has 3 aliphatic heterocycles. The van der Waals surface area contributed by atoms with Crippen molar-refractivity contribution in [2.24, 2.45) is 16.5 Å². The summed E-state index contributed by atoms with van der Waals surface area (Å²) in [7, 11) is 0. The van der Waals surface area contributed by atoms with Crippen LogP contribution in [0.5, 0.6) is 5.75 Å². The largest absolute Gasteiger partial charge is 0.507 e. The Hall–Kier alpha value is -1.91. The number of aromatic hydroxyl groups is 1. The molecule has 15 atom stereocenters. The Bertz CT molecular complexity index is 1040. The van der Waals surface area contributed by atoms with Gasteiger partial charge in [0, 0.05) is 11.8 Å². The minimum Gasteiger partial charge on any atom is -0.507 e. The van der Waals surface area contributed by atoms with Crippen LogP contribution < -0.4 is 11.5 Å². The summed E-state index contributed by atoms with van der Waals surface area (Å²) in [5.74, 6) is -0.133. The van der Waals surface area contributed by atoms with E-state index in [2.05, 4.69) is 4.99 Å². The zero-order valence-electron chi connectivity index (χ0n) is 22.3. The van der Waals surface area contributed by atoms with E-state index in [0.29, 0.717) is 0 Å². The van der Waals surface area contributed by atoms with E-state index in [9.17, 15) is 46.0 Å². The van der Waals surface area contributed by atoms with Gasteiger partial charge >= 0.3 is 0 Å². The zero-order valence-corrected chi connectivity index (χ0v) is 22.3. The predicted molar refractivity (Wildman–Crippen MR) is 139 cm³/mol. The molecule has 17 nitrogen and oxygen atoms in total. The normalized spacial score (nSPS) is 44.9. The second-order valence-electron chi connectivity index (χ2n) is 10.3. The molecule has 1 aromatic rings. The molecular formula is C25H39N3O14. The van der Waals surface area contributed by atoms with Crippen molar-refractivity contribution in [1.82, 2.24) is 0 Å². The second kappa shape index (κ2) is 14.2. The first-order valence-corrected chi connectivity index (χ1v) is 13.3. The number of aliphatic hydroxyl groups is 8. The lowest BCUT2D eigenvalue weighted by Gasteiger charge is -2.48. The van der Waals surface area contributed by atoms with Crippen molar-refractivity contribution in [3.63, 3.8) is 0 Å². The number of phenols is 1. The molecule has 0 amide bonds. The molecule has 3 fully saturated rings. The molecular weight excluding hydrogens is 566 g/mol. The average molecular weight is 606 g/mol. The number of nitrogens with zero attached hydrogens (tertiary/aromatic N) is 1. The highest BCUT2D eigenvalue weighted by atomic mass is 16.7. The predicted octanol–water partition coefficient (Wildman–Crippen LogP) is -5.81. The van der Waals surface area contributed by atoms with Crippen molar-refractivity contribution in [3.05, 3.63) is 29.8 Å². The van der Waals surface area contributed by atoms with Gasteiger partial charge in [-0.15, -0.1) is 0 Å². The van der Waals surface area contributed by atoms with E-state index >= 15 is 0 Å². The Labute approximate surface area is 240 Å². The first kappa shape index (κ1) is 33.0. The number of ether oxygens (including phenoxy) is 5. The Morgan fingerprint density at radius 3 is 1.93 bits per heavy atom. The van der Waals surface area contributed by atoms with Gasteiger partial charge in [-0.2, -0.15) is 0 Å². The molecule has 238 valence electrons. The standard InChI is InChI=1S/C25H39N3O14/c26-14-19(35)21(12(7-30)38-23(14)37)42-25-16(28-5-9-3-1-2-4-10(9)32)20(36)22(13(8-31)40-25)41-24-15(27)18(34)17(33)11(6-29)39-24/h1-5,11-25,29-37H,6-8,26-27H2/t11-,12-,13-,14-,15-,16-,17-,18-,19-,20-,21?,22?,23-,24+,25+/m1/s1. The average Bonchev–Trinajstić information content (AvgIpc) is 2.98. The molecule has 42 heavy (non-hydrogen) atoms. The second-order valence-corrected chi connectivity index (χ2v) is 10.3. The van der Waals surface area contributed by atoms with Crippen LogP contribution >= 0.6 is 0 Å². The smallest absolute Gasteiger partial charge is 0.183 e. The number of nitrogens with two attached hydrogens (primary N) is 2. The summed E-state index contributed by atoms with van der Waals surface area (Å²) in [5, 5.41) is 92.2. The molecule has 1 aromatic carbocycles. The Kier molecular flexibility index (Phi) is 11.2. The van der Waals surface area contributed by atoms with Gasteiger partial charge in [-0.05, 0) is 12.1 Å². The summed E-state index contributed by atoms with van der Waals surface area (Å²) in [6.07, 6.45) is -16.4. The highest BCUT2D eigenvalue weighted by Gasteiger charge is 2.53. The molecule has 3 aliphatic rings. The third-order valence-electron chi connectivity index (χ3n) is 7.57. The molecule has 0 spiro atoms. The first-order valence-electron chi connectivity index (χ1n) is 13.3. The fourth-order valence-electron chi connectivity index (χ4n) is 5.06. The van der Waals surface area contributed by atoms with Gasteiger partial charge in [-0.25, -0.2) is 0 Å². The number of rotatable bonds is 9. The number of hydrogen-bond donors (Lipinski definition) is 11. The Balaban J connectivity index is 1.64. The van der Waals surface area contributed by atoms with Crippen molar-refractivity contribution < 1.29 is 69.6 Å². The molecule has 0 radical (unpaired) electrons. The summed E-state index contributed by atoms with van der Waals surface area (Å²) in [4.78, 5) is 4.33. The maximum atomic E-state index is 11.5. The number of benzene rings is 1. The van der Waals surface area contributed by atoms with E-state index in [0.717, 1.165) is 0 Å². The third kappa shape index (κ3) is 6.75. The van der Waals surface area contributed by atoms with E-state index in [1.54, 1.807) is 12.1 Å². The van der Waals surface area contributed by atoms with Gasteiger partial charge in [0.2, 0.25) is 0 Å². The van der Waals surface area contributed by atoms with Gasteiger partial charge < -0.3 is 81.1 Å². The van der Waals surface area contributed by atoms with Crippen molar-refractivity contribution in [3.8, 4) is 5.75 Å². The number of aliphatic imine (C=N–C) groups is 1. The monoisotopic (exact) mass is 605 g/mol.